The van der Waals surface area contributed by atoms with Gasteiger partial charge in [0.15, 0.2) is 0 Å². The van der Waals surface area contributed by atoms with E-state index in [4.69, 9.17) is 32.7 Å². The third-order valence-corrected chi connectivity index (χ3v) is 4.90. The molecule has 1 fully saturated rings. The van der Waals surface area contributed by atoms with Gasteiger partial charge in [-0.25, -0.2) is 0 Å². The summed E-state index contributed by atoms with van der Waals surface area (Å²) in [7, 11) is 1.58. The van der Waals surface area contributed by atoms with Crippen LogP contribution in [-0.2, 0) is 0 Å². The lowest BCUT2D eigenvalue weighted by molar-refractivity contribution is -0.384. The zero-order chi connectivity index (χ0) is 17.3. The lowest BCUT2D eigenvalue weighted by Gasteiger charge is -2.12. The minimum absolute atomic E-state index is 0.00336. The van der Waals surface area contributed by atoms with Gasteiger partial charge in [-0.15, -0.1) is 23.2 Å². The first-order chi connectivity index (χ1) is 11.4. The summed E-state index contributed by atoms with van der Waals surface area (Å²) in [5, 5.41) is 11.1. The van der Waals surface area contributed by atoms with Crippen molar-refractivity contribution < 1.29 is 14.4 Å². The first kappa shape index (κ1) is 16.9. The van der Waals surface area contributed by atoms with Crippen LogP contribution in [-0.4, -0.2) is 23.0 Å². The van der Waals surface area contributed by atoms with Crippen LogP contribution in [0.2, 0.25) is 0 Å². The highest BCUT2D eigenvalue weighted by atomic mass is 35.5. The Morgan fingerprint density at radius 1 is 1.25 bits per heavy atom. The highest BCUT2D eigenvalue weighted by molar-refractivity contribution is 6.50. The number of rotatable bonds is 6. The van der Waals surface area contributed by atoms with Gasteiger partial charge in [-0.2, -0.15) is 0 Å². The number of nitro groups is 1. The van der Waals surface area contributed by atoms with Gasteiger partial charge < -0.3 is 9.47 Å². The molecule has 0 N–H and O–H groups in total. The summed E-state index contributed by atoms with van der Waals surface area (Å²) in [5.41, 5.74) is 1.44. The Labute approximate surface area is 149 Å². The van der Waals surface area contributed by atoms with Crippen molar-refractivity contribution in [3.8, 4) is 22.6 Å². The number of ether oxygens (including phenoxy) is 2. The predicted molar refractivity (Wildman–Crippen MR) is 93.1 cm³/mol. The van der Waals surface area contributed by atoms with E-state index in [1.807, 2.05) is 12.1 Å². The standard InChI is InChI=1S/C17H15Cl2NO4/c1-23-14-5-2-11(3-6-14)15-8-13(20(21)22)4-7-16(15)24-10-12-9-17(12,18)19/h2-8,12H,9-10H2,1H3/t12-/m1/s1. The smallest absolute Gasteiger partial charge is 0.270 e. The van der Waals surface area contributed by atoms with E-state index in [2.05, 4.69) is 0 Å². The van der Waals surface area contributed by atoms with E-state index in [9.17, 15) is 10.1 Å². The van der Waals surface area contributed by atoms with Crippen molar-refractivity contribution in [3.05, 3.63) is 52.6 Å². The fraction of sp³-hybridized carbons (Fsp3) is 0.294. The highest BCUT2D eigenvalue weighted by Gasteiger charge is 2.52. The van der Waals surface area contributed by atoms with Gasteiger partial charge >= 0.3 is 0 Å². The Morgan fingerprint density at radius 2 is 1.92 bits per heavy atom. The van der Waals surface area contributed by atoms with Crippen LogP contribution in [0.3, 0.4) is 0 Å². The molecule has 1 aliphatic carbocycles. The van der Waals surface area contributed by atoms with Crippen molar-refractivity contribution in [2.24, 2.45) is 5.92 Å². The fourth-order valence-corrected chi connectivity index (χ4v) is 2.89. The second-order valence-electron chi connectivity index (χ2n) is 5.64. The summed E-state index contributed by atoms with van der Waals surface area (Å²) < 4.78 is 10.2. The van der Waals surface area contributed by atoms with Gasteiger partial charge in [0.2, 0.25) is 0 Å². The molecule has 1 saturated carbocycles. The van der Waals surface area contributed by atoms with Crippen LogP contribution in [0.1, 0.15) is 6.42 Å². The summed E-state index contributed by atoms with van der Waals surface area (Å²) in [6.45, 7) is 0.369. The molecule has 0 amide bonds. The summed E-state index contributed by atoms with van der Waals surface area (Å²) >= 11 is 12.0. The van der Waals surface area contributed by atoms with E-state index < -0.39 is 9.26 Å². The van der Waals surface area contributed by atoms with Crippen LogP contribution in [0, 0.1) is 16.0 Å². The number of nitrogens with zero attached hydrogens (tertiary/aromatic N) is 1. The molecular formula is C17H15Cl2NO4. The molecule has 0 saturated heterocycles. The Bertz CT molecular complexity index is 762. The lowest BCUT2D eigenvalue weighted by Crippen LogP contribution is -2.05. The van der Waals surface area contributed by atoms with E-state index in [0.717, 1.165) is 5.56 Å². The van der Waals surface area contributed by atoms with Gasteiger partial charge in [0.05, 0.1) is 18.6 Å². The Morgan fingerprint density at radius 3 is 2.46 bits per heavy atom. The van der Waals surface area contributed by atoms with E-state index in [0.29, 0.717) is 30.1 Å². The SMILES string of the molecule is COc1ccc(-c2cc([N+](=O)[O-])ccc2OC[C@H]2CC2(Cl)Cl)cc1. The van der Waals surface area contributed by atoms with Crippen LogP contribution in [0.25, 0.3) is 11.1 Å². The molecule has 1 atom stereocenters. The normalized spacial score (nSPS) is 18.0. The van der Waals surface area contributed by atoms with Crippen LogP contribution in [0.15, 0.2) is 42.5 Å². The summed E-state index contributed by atoms with van der Waals surface area (Å²) in [4.78, 5) is 10.6. The van der Waals surface area contributed by atoms with E-state index >= 15 is 0 Å². The van der Waals surface area contributed by atoms with Gasteiger partial charge in [0.25, 0.3) is 5.69 Å². The zero-order valence-corrected chi connectivity index (χ0v) is 14.4. The summed E-state index contributed by atoms with van der Waals surface area (Å²) in [5.74, 6) is 1.33. The molecule has 0 aliphatic heterocycles. The quantitative estimate of drug-likeness (QED) is 0.416. The van der Waals surface area contributed by atoms with Crippen LogP contribution in [0.5, 0.6) is 11.5 Å². The molecule has 0 unspecified atom stereocenters. The largest absolute Gasteiger partial charge is 0.497 e. The fourth-order valence-electron chi connectivity index (χ4n) is 2.39. The van der Waals surface area contributed by atoms with Crippen molar-refractivity contribution in [1.29, 1.82) is 0 Å². The number of benzene rings is 2. The van der Waals surface area contributed by atoms with Crippen molar-refractivity contribution in [2.75, 3.05) is 13.7 Å². The molecule has 0 spiro atoms. The number of alkyl halides is 2. The van der Waals surface area contributed by atoms with Gasteiger partial charge in [0.1, 0.15) is 15.8 Å². The third-order valence-electron chi connectivity index (χ3n) is 3.97. The summed E-state index contributed by atoms with van der Waals surface area (Å²) in [6, 6.07) is 11.8. The molecule has 7 heteroatoms. The molecule has 0 radical (unpaired) electrons. The number of nitro benzene ring substituents is 1. The van der Waals surface area contributed by atoms with Crippen LogP contribution >= 0.6 is 23.2 Å². The van der Waals surface area contributed by atoms with Crippen molar-refractivity contribution in [3.63, 3.8) is 0 Å². The van der Waals surface area contributed by atoms with Crippen LogP contribution < -0.4 is 9.47 Å². The first-order valence-electron chi connectivity index (χ1n) is 7.34. The molecule has 0 aromatic heterocycles. The Balaban J connectivity index is 1.90. The molecule has 0 heterocycles. The number of halogens is 2. The molecule has 0 bridgehead atoms. The number of non-ortho nitro benzene ring substituents is 1. The maximum absolute atomic E-state index is 11.1. The average Bonchev–Trinajstić information content (AvgIpc) is 3.19. The molecule has 2 aromatic rings. The zero-order valence-electron chi connectivity index (χ0n) is 12.9. The van der Waals surface area contributed by atoms with Crippen molar-refractivity contribution in [1.82, 2.24) is 0 Å². The second kappa shape index (κ2) is 6.49. The Hall–Kier alpha value is -1.98. The van der Waals surface area contributed by atoms with E-state index in [-0.39, 0.29) is 11.6 Å². The monoisotopic (exact) mass is 367 g/mol. The van der Waals surface area contributed by atoms with Gasteiger partial charge in [0, 0.05) is 23.6 Å². The highest BCUT2D eigenvalue weighted by Crippen LogP contribution is 2.53. The molecular weight excluding hydrogens is 353 g/mol. The number of hydrogen-bond acceptors (Lipinski definition) is 4. The minimum Gasteiger partial charge on any atom is -0.497 e. The lowest BCUT2D eigenvalue weighted by atomic mass is 10.0. The molecule has 126 valence electrons. The molecule has 2 aromatic carbocycles. The molecule has 24 heavy (non-hydrogen) atoms. The predicted octanol–water partition coefficient (Wildman–Crippen LogP) is 4.84. The molecule has 1 aliphatic rings. The van der Waals surface area contributed by atoms with E-state index in [1.54, 1.807) is 25.3 Å². The number of hydrogen-bond donors (Lipinski definition) is 0. The molecule has 5 nitrogen and oxygen atoms in total. The average molecular weight is 368 g/mol. The van der Waals surface area contributed by atoms with E-state index in [1.165, 1.54) is 12.1 Å². The maximum atomic E-state index is 11.1. The second-order valence-corrected chi connectivity index (χ2v) is 7.18. The minimum atomic E-state index is -0.721. The van der Waals surface area contributed by atoms with Gasteiger partial charge in [-0.3, -0.25) is 10.1 Å². The maximum Gasteiger partial charge on any atom is 0.270 e. The topological polar surface area (TPSA) is 61.6 Å². The van der Waals surface area contributed by atoms with Gasteiger partial charge in [-0.1, -0.05) is 12.1 Å². The van der Waals surface area contributed by atoms with Crippen molar-refractivity contribution in [2.45, 2.75) is 10.8 Å². The first-order valence-corrected chi connectivity index (χ1v) is 8.10. The van der Waals surface area contributed by atoms with Crippen molar-refractivity contribution >= 4 is 28.9 Å². The van der Waals surface area contributed by atoms with Gasteiger partial charge in [-0.05, 0) is 30.2 Å². The molecule has 3 rings (SSSR count). The van der Waals surface area contributed by atoms with Crippen LogP contribution in [0.4, 0.5) is 5.69 Å². The number of methoxy groups -OCH3 is 1. The third kappa shape index (κ3) is 3.57. The Kier molecular flexibility index (Phi) is 4.56. The summed E-state index contributed by atoms with van der Waals surface area (Å²) in [6.07, 6.45) is 0.682.